The number of hydrogen-bond acceptors (Lipinski definition) is 4. The van der Waals surface area contributed by atoms with Crippen LogP contribution in [-0.2, 0) is 16.0 Å². The van der Waals surface area contributed by atoms with Gasteiger partial charge in [0.25, 0.3) is 0 Å². The van der Waals surface area contributed by atoms with E-state index in [9.17, 15) is 9.59 Å². The normalized spacial score (nSPS) is 18.2. The van der Waals surface area contributed by atoms with Gasteiger partial charge in [-0.15, -0.1) is 0 Å². The Balaban J connectivity index is 1.95. The molecule has 1 atom stereocenters. The molecule has 1 aliphatic heterocycles. The van der Waals surface area contributed by atoms with Crippen LogP contribution in [0.1, 0.15) is 25.8 Å². The molecule has 0 aliphatic carbocycles. The number of benzene rings is 1. The fraction of sp³-hybridized carbons (Fsp3) is 0.400. The molecule has 0 saturated carbocycles. The molecule has 1 fully saturated rings. The molecule has 1 unspecified atom stereocenters. The van der Waals surface area contributed by atoms with Crippen molar-refractivity contribution in [1.29, 1.82) is 0 Å². The van der Waals surface area contributed by atoms with E-state index < -0.39 is 0 Å². The molecule has 2 amide bonds. The van der Waals surface area contributed by atoms with Gasteiger partial charge in [-0.2, -0.15) is 0 Å². The van der Waals surface area contributed by atoms with Crippen molar-refractivity contribution in [2.24, 2.45) is 0 Å². The van der Waals surface area contributed by atoms with Crippen molar-refractivity contribution in [3.8, 4) is 0 Å². The zero-order valence-electron chi connectivity index (χ0n) is 12.1. The number of rotatable bonds is 5. The van der Waals surface area contributed by atoms with Gasteiger partial charge < -0.3 is 5.32 Å². The van der Waals surface area contributed by atoms with E-state index in [0.29, 0.717) is 4.32 Å². The van der Waals surface area contributed by atoms with Crippen molar-refractivity contribution in [2.45, 2.75) is 31.9 Å². The summed E-state index contributed by atoms with van der Waals surface area (Å²) in [5, 5.41) is 2.65. The van der Waals surface area contributed by atoms with E-state index in [1.165, 1.54) is 22.2 Å². The third kappa shape index (κ3) is 3.83. The summed E-state index contributed by atoms with van der Waals surface area (Å²) in [5.74, 6) is -0.295. The molecule has 1 saturated heterocycles. The molecule has 1 aromatic rings. The number of nitrogens with one attached hydrogen (secondary N) is 1. The van der Waals surface area contributed by atoms with E-state index in [1.807, 2.05) is 31.2 Å². The topological polar surface area (TPSA) is 49.4 Å². The fourth-order valence-corrected chi connectivity index (χ4v) is 3.49. The molecule has 1 heterocycles. The van der Waals surface area contributed by atoms with Gasteiger partial charge in [0.2, 0.25) is 11.8 Å². The molecule has 1 aliphatic rings. The first-order chi connectivity index (χ1) is 10.0. The molecular weight excluding hydrogens is 304 g/mol. The zero-order chi connectivity index (χ0) is 15.4. The highest BCUT2D eigenvalue weighted by Gasteiger charge is 2.36. The van der Waals surface area contributed by atoms with E-state index in [-0.39, 0.29) is 23.6 Å². The van der Waals surface area contributed by atoms with Crippen LogP contribution < -0.4 is 5.32 Å². The average molecular weight is 322 g/mol. The molecule has 6 heteroatoms. The van der Waals surface area contributed by atoms with Crippen LogP contribution in [0.15, 0.2) is 24.3 Å². The second-order valence-corrected chi connectivity index (χ2v) is 6.64. The van der Waals surface area contributed by atoms with Crippen LogP contribution in [0.2, 0.25) is 0 Å². The number of carbonyl (C=O) groups is 2. The van der Waals surface area contributed by atoms with Gasteiger partial charge >= 0.3 is 0 Å². The first-order valence-electron chi connectivity index (χ1n) is 6.96. The summed E-state index contributed by atoms with van der Waals surface area (Å²) in [7, 11) is 0. The van der Waals surface area contributed by atoms with Gasteiger partial charge in [-0.1, -0.05) is 50.0 Å². The molecule has 1 N–H and O–H groups in total. The van der Waals surface area contributed by atoms with Gasteiger partial charge in [-0.3, -0.25) is 14.5 Å². The maximum atomic E-state index is 12.1. The zero-order valence-corrected chi connectivity index (χ0v) is 13.7. The van der Waals surface area contributed by atoms with Crippen LogP contribution in [0.4, 0.5) is 5.69 Å². The Bertz CT molecular complexity index is 557. The summed E-state index contributed by atoms with van der Waals surface area (Å²) in [6, 6.07) is 7.68. The summed E-state index contributed by atoms with van der Waals surface area (Å²) in [4.78, 5) is 25.5. The van der Waals surface area contributed by atoms with E-state index in [2.05, 4.69) is 12.2 Å². The molecule has 0 radical (unpaired) electrons. The molecule has 21 heavy (non-hydrogen) atoms. The Hall–Kier alpha value is -1.40. The Morgan fingerprint density at radius 1 is 1.33 bits per heavy atom. The predicted octanol–water partition coefficient (Wildman–Crippen LogP) is 2.83. The lowest BCUT2D eigenvalue weighted by Gasteiger charge is -2.15. The van der Waals surface area contributed by atoms with Crippen LogP contribution in [0.3, 0.4) is 0 Å². The predicted molar refractivity (Wildman–Crippen MR) is 90.4 cm³/mol. The first-order valence-corrected chi connectivity index (χ1v) is 8.24. The van der Waals surface area contributed by atoms with E-state index in [1.54, 1.807) is 0 Å². The Labute approximate surface area is 134 Å². The van der Waals surface area contributed by atoms with Crippen molar-refractivity contribution in [1.82, 2.24) is 4.90 Å². The smallest absolute Gasteiger partial charge is 0.244 e. The maximum absolute atomic E-state index is 12.1. The third-order valence-corrected chi connectivity index (χ3v) is 5.07. The van der Waals surface area contributed by atoms with Crippen molar-refractivity contribution in [3.05, 3.63) is 29.8 Å². The monoisotopic (exact) mass is 322 g/mol. The molecule has 1 aromatic carbocycles. The van der Waals surface area contributed by atoms with Crippen LogP contribution in [0, 0.1) is 0 Å². The minimum atomic E-state index is -0.229. The number of amides is 2. The summed E-state index contributed by atoms with van der Waals surface area (Å²) in [5.41, 5.74) is 1.94. The van der Waals surface area contributed by atoms with Gasteiger partial charge in [-0.25, -0.2) is 0 Å². The molecule has 4 nitrogen and oxygen atoms in total. The lowest BCUT2D eigenvalue weighted by atomic mass is 10.1. The van der Waals surface area contributed by atoms with E-state index in [0.717, 1.165) is 18.5 Å². The highest BCUT2D eigenvalue weighted by atomic mass is 32.2. The minimum Gasteiger partial charge on any atom is -0.325 e. The number of thiocarbonyl (C=S) groups is 1. The summed E-state index contributed by atoms with van der Waals surface area (Å²) in [6.45, 7) is 4.00. The van der Waals surface area contributed by atoms with Crippen molar-refractivity contribution >= 4 is 45.8 Å². The van der Waals surface area contributed by atoms with Gasteiger partial charge in [0.05, 0.1) is 5.25 Å². The second kappa shape index (κ2) is 7.04. The quantitative estimate of drug-likeness (QED) is 0.847. The fourth-order valence-electron chi connectivity index (χ4n) is 2.07. The van der Waals surface area contributed by atoms with Gasteiger partial charge in [0.15, 0.2) is 0 Å². The van der Waals surface area contributed by atoms with Crippen LogP contribution >= 0.6 is 24.0 Å². The Morgan fingerprint density at radius 3 is 2.52 bits per heavy atom. The lowest BCUT2D eigenvalue weighted by molar-refractivity contribution is -0.129. The molecule has 0 bridgehead atoms. The van der Waals surface area contributed by atoms with Crippen molar-refractivity contribution in [3.63, 3.8) is 0 Å². The molecule has 0 spiro atoms. The third-order valence-electron chi connectivity index (χ3n) is 3.32. The van der Waals surface area contributed by atoms with Crippen molar-refractivity contribution < 1.29 is 9.59 Å². The Kier molecular flexibility index (Phi) is 5.36. The highest BCUT2D eigenvalue weighted by Crippen LogP contribution is 2.29. The standard InChI is InChI=1S/C15H18N2O2S2/c1-3-10-5-7-11(8-6-10)16-13(18)9-17-14(19)12(4-2)21-15(17)20/h5-8,12H,3-4,9H2,1-2H3,(H,16,18). The number of nitrogens with zero attached hydrogens (tertiary/aromatic N) is 1. The summed E-state index contributed by atoms with van der Waals surface area (Å²) >= 11 is 6.53. The second-order valence-electron chi connectivity index (χ2n) is 4.80. The molecule has 112 valence electrons. The number of aryl methyl sites for hydroxylation is 1. The number of carbonyl (C=O) groups excluding carboxylic acids is 2. The largest absolute Gasteiger partial charge is 0.325 e. The Morgan fingerprint density at radius 2 is 2.00 bits per heavy atom. The molecule has 0 aromatic heterocycles. The highest BCUT2D eigenvalue weighted by molar-refractivity contribution is 8.24. The SMILES string of the molecule is CCc1ccc(NC(=O)CN2C(=O)C(CC)SC2=S)cc1. The maximum Gasteiger partial charge on any atom is 0.244 e. The average Bonchev–Trinajstić information content (AvgIpc) is 2.75. The van der Waals surface area contributed by atoms with E-state index >= 15 is 0 Å². The summed E-state index contributed by atoms with van der Waals surface area (Å²) in [6.07, 6.45) is 1.68. The lowest BCUT2D eigenvalue weighted by Crippen LogP contribution is -2.38. The number of hydrogen-bond donors (Lipinski definition) is 1. The van der Waals surface area contributed by atoms with Gasteiger partial charge in [0, 0.05) is 5.69 Å². The van der Waals surface area contributed by atoms with Gasteiger partial charge in [0.1, 0.15) is 10.9 Å². The summed E-state index contributed by atoms with van der Waals surface area (Å²) < 4.78 is 0.489. The first kappa shape index (κ1) is 16.0. The van der Waals surface area contributed by atoms with Crippen LogP contribution in [0.25, 0.3) is 0 Å². The van der Waals surface area contributed by atoms with E-state index in [4.69, 9.17) is 12.2 Å². The minimum absolute atomic E-state index is 0.0172. The number of anilines is 1. The molecular formula is C15H18N2O2S2. The van der Waals surface area contributed by atoms with Crippen molar-refractivity contribution in [2.75, 3.05) is 11.9 Å². The van der Waals surface area contributed by atoms with Crippen LogP contribution in [-0.4, -0.2) is 32.8 Å². The number of thioether (sulfide) groups is 1. The van der Waals surface area contributed by atoms with Crippen LogP contribution in [0.5, 0.6) is 0 Å². The van der Waals surface area contributed by atoms with Gasteiger partial charge in [-0.05, 0) is 30.5 Å². The molecule has 2 rings (SSSR count).